The van der Waals surface area contributed by atoms with Crippen molar-refractivity contribution in [1.29, 1.82) is 0 Å². The van der Waals surface area contributed by atoms with E-state index in [-0.39, 0.29) is 30.1 Å². The van der Waals surface area contributed by atoms with Crippen LogP contribution in [0.3, 0.4) is 0 Å². The number of halogens is 1. The molecule has 9 heteroatoms. The predicted molar refractivity (Wildman–Crippen MR) is 140 cm³/mol. The van der Waals surface area contributed by atoms with E-state index in [1.165, 1.54) is 22.7 Å². The van der Waals surface area contributed by atoms with Crippen LogP contribution in [0.1, 0.15) is 44.6 Å². The van der Waals surface area contributed by atoms with Crippen LogP contribution in [0, 0.1) is 0 Å². The minimum Gasteiger partial charge on any atom is -0.374 e. The molecule has 1 aromatic heterocycles. The first kappa shape index (κ1) is 25.8. The fourth-order valence-electron chi connectivity index (χ4n) is 3.22. The number of rotatable bonds is 8. The van der Waals surface area contributed by atoms with Crippen LogP contribution in [0.25, 0.3) is 0 Å². The lowest BCUT2D eigenvalue weighted by Gasteiger charge is -2.36. The largest absolute Gasteiger partial charge is 0.374 e. The van der Waals surface area contributed by atoms with Gasteiger partial charge in [-0.05, 0) is 31.9 Å². The van der Waals surface area contributed by atoms with Gasteiger partial charge in [-0.3, -0.25) is 0 Å². The monoisotopic (exact) mass is 558 g/mol. The van der Waals surface area contributed by atoms with Crippen LogP contribution in [0.2, 0.25) is 0 Å². The molecule has 0 amide bonds. The number of guanidine groups is 1. The van der Waals surface area contributed by atoms with Crippen molar-refractivity contribution in [3.63, 3.8) is 0 Å². The molecule has 0 aliphatic carbocycles. The van der Waals surface area contributed by atoms with Crippen LogP contribution in [-0.4, -0.2) is 59.0 Å². The second-order valence-electron chi connectivity index (χ2n) is 7.67. The number of nitrogens with zero attached hydrogens (tertiary/aromatic N) is 5. The summed E-state index contributed by atoms with van der Waals surface area (Å²) in [6.45, 7) is 14.2. The van der Waals surface area contributed by atoms with Crippen molar-refractivity contribution in [2.75, 3.05) is 37.6 Å². The quantitative estimate of drug-likeness (QED) is 0.301. The van der Waals surface area contributed by atoms with Crippen molar-refractivity contribution in [3.8, 4) is 0 Å². The van der Waals surface area contributed by atoms with Crippen molar-refractivity contribution < 1.29 is 4.74 Å². The molecule has 2 heterocycles. The Morgan fingerprint density at radius 2 is 1.81 bits per heavy atom. The Balaban J connectivity index is 0.00000341. The first-order valence-corrected chi connectivity index (χ1v) is 11.7. The highest BCUT2D eigenvalue weighted by molar-refractivity contribution is 14.0. The smallest absolute Gasteiger partial charge is 0.205 e. The van der Waals surface area contributed by atoms with Gasteiger partial charge < -0.3 is 19.9 Å². The van der Waals surface area contributed by atoms with Crippen LogP contribution in [-0.2, 0) is 24.3 Å². The van der Waals surface area contributed by atoms with Gasteiger partial charge in [-0.25, -0.2) is 9.98 Å². The molecule has 1 aromatic carbocycles. The van der Waals surface area contributed by atoms with Gasteiger partial charge in [0.25, 0.3) is 0 Å². The molecule has 172 valence electrons. The zero-order valence-corrected chi connectivity index (χ0v) is 22.2. The van der Waals surface area contributed by atoms with Gasteiger partial charge in [-0.1, -0.05) is 31.2 Å². The van der Waals surface area contributed by atoms with Gasteiger partial charge in [0, 0.05) is 50.7 Å². The van der Waals surface area contributed by atoms with Crippen LogP contribution in [0.4, 0.5) is 5.13 Å². The lowest BCUT2D eigenvalue weighted by atomic mass is 10.1. The van der Waals surface area contributed by atoms with Crippen LogP contribution in [0.5, 0.6) is 0 Å². The predicted octanol–water partition coefficient (Wildman–Crippen LogP) is 3.93. The fourth-order valence-corrected chi connectivity index (χ4v) is 4.02. The molecule has 0 radical (unpaired) electrons. The van der Waals surface area contributed by atoms with Gasteiger partial charge in [0.1, 0.15) is 5.82 Å². The van der Waals surface area contributed by atoms with E-state index in [9.17, 15) is 0 Å². The van der Waals surface area contributed by atoms with E-state index in [2.05, 4.69) is 76.4 Å². The Kier molecular flexibility index (Phi) is 11.0. The molecule has 1 aliphatic heterocycles. The number of ether oxygens (including phenoxy) is 1. The second kappa shape index (κ2) is 13.2. The molecule has 0 spiro atoms. The summed E-state index contributed by atoms with van der Waals surface area (Å²) in [5.41, 5.74) is 2.40. The van der Waals surface area contributed by atoms with E-state index in [0.717, 1.165) is 56.1 Å². The van der Waals surface area contributed by atoms with Gasteiger partial charge in [0.05, 0.1) is 19.3 Å². The molecule has 31 heavy (non-hydrogen) atoms. The van der Waals surface area contributed by atoms with Crippen LogP contribution in [0.15, 0.2) is 29.3 Å². The maximum Gasteiger partial charge on any atom is 0.205 e. The number of hydrogen-bond acceptors (Lipinski definition) is 6. The molecule has 0 atom stereocenters. The third kappa shape index (κ3) is 7.87. The third-order valence-electron chi connectivity index (χ3n) is 4.98. The molecule has 1 N–H and O–H groups in total. The molecular formula is C22H35IN6OS. The summed E-state index contributed by atoms with van der Waals surface area (Å²) < 4.78 is 10.1. The molecule has 0 unspecified atom stereocenters. The number of anilines is 1. The zero-order valence-electron chi connectivity index (χ0n) is 19.0. The summed E-state index contributed by atoms with van der Waals surface area (Å²) in [6, 6.07) is 8.55. The lowest BCUT2D eigenvalue weighted by molar-refractivity contribution is 0.0657. The summed E-state index contributed by atoms with van der Waals surface area (Å²) in [5.74, 6) is 1.92. The number of benzene rings is 1. The number of aromatic nitrogens is 2. The zero-order chi connectivity index (χ0) is 21.3. The summed E-state index contributed by atoms with van der Waals surface area (Å²) in [7, 11) is 0. The number of hydrogen-bond donors (Lipinski definition) is 1. The highest BCUT2D eigenvalue weighted by atomic mass is 127. The van der Waals surface area contributed by atoms with Gasteiger partial charge >= 0.3 is 0 Å². The average Bonchev–Trinajstić information content (AvgIpc) is 3.25. The minimum absolute atomic E-state index is 0. The van der Waals surface area contributed by atoms with E-state index in [1.807, 2.05) is 0 Å². The fraction of sp³-hybridized carbons (Fsp3) is 0.591. The van der Waals surface area contributed by atoms with Crippen LogP contribution < -0.4 is 10.2 Å². The molecule has 0 bridgehead atoms. The average molecular weight is 559 g/mol. The normalized spacial score (nSPS) is 14.7. The molecule has 1 fully saturated rings. The molecule has 0 saturated carbocycles. The third-order valence-corrected chi connectivity index (χ3v) is 5.79. The van der Waals surface area contributed by atoms with Gasteiger partial charge in [-0.15, -0.1) is 24.0 Å². The van der Waals surface area contributed by atoms with E-state index in [0.29, 0.717) is 13.2 Å². The topological polar surface area (TPSA) is 65.9 Å². The van der Waals surface area contributed by atoms with E-state index in [4.69, 9.17) is 9.73 Å². The van der Waals surface area contributed by atoms with Gasteiger partial charge in [0.2, 0.25) is 5.13 Å². The maximum absolute atomic E-state index is 5.67. The summed E-state index contributed by atoms with van der Waals surface area (Å²) >= 11 is 1.51. The molecule has 3 rings (SSSR count). The number of piperazine rings is 1. The maximum atomic E-state index is 5.67. The summed E-state index contributed by atoms with van der Waals surface area (Å²) in [6.07, 6.45) is 1.14. The Labute approximate surface area is 207 Å². The Bertz CT molecular complexity index is 803. The van der Waals surface area contributed by atoms with Crippen LogP contribution >= 0.6 is 35.5 Å². The lowest BCUT2D eigenvalue weighted by Crippen LogP contribution is -2.52. The number of aliphatic imine (C=N–C) groups is 1. The Morgan fingerprint density at radius 1 is 1.13 bits per heavy atom. The summed E-state index contributed by atoms with van der Waals surface area (Å²) in [5, 5.41) is 4.48. The van der Waals surface area contributed by atoms with Crippen molar-refractivity contribution in [3.05, 3.63) is 41.2 Å². The molecule has 1 aliphatic rings. The second-order valence-corrected chi connectivity index (χ2v) is 8.40. The van der Waals surface area contributed by atoms with Crippen molar-refractivity contribution in [2.24, 2.45) is 4.99 Å². The number of aryl methyl sites for hydroxylation is 1. The SMILES string of the molecule is CCNC(=NCc1ccc(COC(C)C)cc1)N1CCN(c2nc(CC)ns2)CC1.I. The van der Waals surface area contributed by atoms with Gasteiger partial charge in [0.15, 0.2) is 5.96 Å². The van der Waals surface area contributed by atoms with Crippen molar-refractivity contribution in [2.45, 2.75) is 53.4 Å². The van der Waals surface area contributed by atoms with Crippen molar-refractivity contribution >= 4 is 46.6 Å². The minimum atomic E-state index is 0. The highest BCUT2D eigenvalue weighted by Crippen LogP contribution is 2.19. The van der Waals surface area contributed by atoms with E-state index < -0.39 is 0 Å². The van der Waals surface area contributed by atoms with E-state index >= 15 is 0 Å². The molecule has 7 nitrogen and oxygen atoms in total. The Hall–Kier alpha value is -1.46. The first-order chi connectivity index (χ1) is 14.6. The van der Waals surface area contributed by atoms with Crippen molar-refractivity contribution in [1.82, 2.24) is 19.6 Å². The molecular weight excluding hydrogens is 523 g/mol. The first-order valence-electron chi connectivity index (χ1n) is 10.9. The standard InChI is InChI=1S/C22H34N6OS.HI/c1-5-20-25-22(30-26-20)28-13-11-27(12-14-28)21(23-6-2)24-15-18-7-9-19(10-8-18)16-29-17(3)4;/h7-10,17H,5-6,11-16H2,1-4H3,(H,23,24);1H. The van der Waals surface area contributed by atoms with Gasteiger partial charge in [-0.2, -0.15) is 4.37 Å². The van der Waals surface area contributed by atoms with E-state index in [1.54, 1.807) is 0 Å². The molecule has 2 aromatic rings. The highest BCUT2D eigenvalue weighted by Gasteiger charge is 2.22. The summed E-state index contributed by atoms with van der Waals surface area (Å²) in [4.78, 5) is 14.2. The number of nitrogens with one attached hydrogen (secondary N) is 1. The molecule has 1 saturated heterocycles. The Morgan fingerprint density at radius 3 is 2.39 bits per heavy atom.